The van der Waals surface area contributed by atoms with Gasteiger partial charge in [-0.05, 0) is 41.7 Å². The second kappa shape index (κ2) is 8.17. The Hall–Kier alpha value is -2.62. The summed E-state index contributed by atoms with van der Waals surface area (Å²) in [5.74, 6) is 1.13. The average Bonchev–Trinajstić information content (AvgIpc) is 3.14. The molecule has 0 spiro atoms. The van der Waals surface area contributed by atoms with Crippen LogP contribution in [0.15, 0.2) is 42.5 Å². The molecule has 4 nitrogen and oxygen atoms in total. The van der Waals surface area contributed by atoms with Crippen LogP contribution in [0.4, 0.5) is 0 Å². The maximum atomic E-state index is 12.1. The molecular weight excluding hydrogens is 328 g/mol. The molecule has 0 saturated carbocycles. The molecule has 0 unspecified atom stereocenters. The van der Waals surface area contributed by atoms with Gasteiger partial charge in [0.1, 0.15) is 11.6 Å². The van der Waals surface area contributed by atoms with Crippen LogP contribution in [0.1, 0.15) is 43.4 Å². The fourth-order valence-electron chi connectivity index (χ4n) is 3.22. The monoisotopic (exact) mass is 352 g/mol. The Kier molecular flexibility index (Phi) is 5.71. The van der Waals surface area contributed by atoms with Gasteiger partial charge in [0, 0.05) is 12.8 Å². The first-order valence-electron chi connectivity index (χ1n) is 9.12. The highest BCUT2D eigenvalue weighted by Gasteiger charge is 2.23. The molecule has 136 valence electrons. The number of ketones is 2. The summed E-state index contributed by atoms with van der Waals surface area (Å²) in [6.07, 6.45) is 2.09. The number of rotatable bonds is 8. The predicted molar refractivity (Wildman–Crippen MR) is 99.6 cm³/mol. The number of Topliss-reactive ketones (excluding diaryl/α,β-unsaturated/α-hetero) is 2. The van der Waals surface area contributed by atoms with E-state index in [1.807, 2.05) is 44.2 Å². The highest BCUT2D eigenvalue weighted by molar-refractivity contribution is 6.02. The van der Waals surface area contributed by atoms with Crippen LogP contribution in [-0.2, 0) is 22.4 Å². The molecule has 0 aliphatic carbocycles. The summed E-state index contributed by atoms with van der Waals surface area (Å²) in [4.78, 5) is 24.1. The number of fused-ring (bicyclic) bond motifs is 1. The lowest BCUT2D eigenvalue weighted by Crippen LogP contribution is -2.25. The molecule has 0 amide bonds. The molecule has 0 N–H and O–H groups in total. The Morgan fingerprint density at radius 3 is 2.08 bits per heavy atom. The van der Waals surface area contributed by atoms with Crippen LogP contribution in [0.5, 0.6) is 11.5 Å². The lowest BCUT2D eigenvalue weighted by atomic mass is 9.88. The Morgan fingerprint density at radius 2 is 1.42 bits per heavy atom. The smallest absolute Gasteiger partial charge is 0.231 e. The fraction of sp³-hybridized carbons (Fsp3) is 0.364. The van der Waals surface area contributed by atoms with E-state index in [0.717, 1.165) is 29.0 Å². The van der Waals surface area contributed by atoms with E-state index in [1.54, 1.807) is 0 Å². The van der Waals surface area contributed by atoms with Crippen molar-refractivity contribution >= 4 is 11.6 Å². The standard InChI is InChI=1S/C22H24O4/c1-3-19(23)18(20(24)4-2)12-16-7-5-15(6-8-16)11-17-9-10-21-22(13-17)26-14-25-21/h5-10,13,18H,3-4,11-12,14H2,1-2H3. The van der Waals surface area contributed by atoms with E-state index in [2.05, 4.69) is 12.1 Å². The first kappa shape index (κ1) is 18.2. The van der Waals surface area contributed by atoms with E-state index >= 15 is 0 Å². The van der Waals surface area contributed by atoms with Gasteiger partial charge >= 0.3 is 0 Å². The number of ether oxygens (including phenoxy) is 2. The van der Waals surface area contributed by atoms with Gasteiger partial charge in [-0.15, -0.1) is 0 Å². The van der Waals surface area contributed by atoms with Gasteiger partial charge in [-0.25, -0.2) is 0 Å². The van der Waals surface area contributed by atoms with Crippen molar-refractivity contribution in [2.45, 2.75) is 39.5 Å². The number of carbonyl (C=O) groups excluding carboxylic acids is 2. The van der Waals surface area contributed by atoms with Crippen LogP contribution < -0.4 is 9.47 Å². The number of carbonyl (C=O) groups is 2. The molecule has 0 bridgehead atoms. The lowest BCUT2D eigenvalue weighted by Gasteiger charge is -2.13. The van der Waals surface area contributed by atoms with E-state index in [4.69, 9.17) is 9.47 Å². The molecule has 26 heavy (non-hydrogen) atoms. The van der Waals surface area contributed by atoms with Crippen molar-refractivity contribution in [1.82, 2.24) is 0 Å². The maximum Gasteiger partial charge on any atom is 0.231 e. The molecule has 0 aromatic heterocycles. The second-order valence-electron chi connectivity index (χ2n) is 6.58. The predicted octanol–water partition coefficient (Wildman–Crippen LogP) is 4.12. The second-order valence-corrected chi connectivity index (χ2v) is 6.58. The highest BCUT2D eigenvalue weighted by atomic mass is 16.7. The van der Waals surface area contributed by atoms with Gasteiger partial charge in [0.25, 0.3) is 0 Å². The first-order valence-corrected chi connectivity index (χ1v) is 9.12. The van der Waals surface area contributed by atoms with Gasteiger partial charge in [0.2, 0.25) is 6.79 Å². The largest absolute Gasteiger partial charge is 0.454 e. The number of benzene rings is 2. The van der Waals surface area contributed by atoms with Crippen LogP contribution in [0, 0.1) is 5.92 Å². The SMILES string of the molecule is CCC(=O)C(Cc1ccc(Cc2ccc3c(c2)OCO3)cc1)C(=O)CC. The maximum absolute atomic E-state index is 12.1. The van der Waals surface area contributed by atoms with Gasteiger partial charge in [-0.3, -0.25) is 9.59 Å². The van der Waals surface area contributed by atoms with Crippen molar-refractivity contribution < 1.29 is 19.1 Å². The Bertz CT molecular complexity index is 776. The molecule has 1 aliphatic heterocycles. The summed E-state index contributed by atoms with van der Waals surface area (Å²) < 4.78 is 10.8. The molecule has 0 fully saturated rings. The zero-order valence-electron chi connectivity index (χ0n) is 15.3. The molecular formula is C22H24O4. The summed E-state index contributed by atoms with van der Waals surface area (Å²) in [5.41, 5.74) is 3.35. The summed E-state index contributed by atoms with van der Waals surface area (Å²) in [5, 5.41) is 0. The van der Waals surface area contributed by atoms with Crippen molar-refractivity contribution in [3.63, 3.8) is 0 Å². The third-order valence-electron chi connectivity index (χ3n) is 4.78. The van der Waals surface area contributed by atoms with Gasteiger partial charge < -0.3 is 9.47 Å². The Balaban J connectivity index is 1.68. The third kappa shape index (κ3) is 4.13. The van der Waals surface area contributed by atoms with Crippen molar-refractivity contribution in [1.29, 1.82) is 0 Å². The summed E-state index contributed by atoms with van der Waals surface area (Å²) in [7, 11) is 0. The van der Waals surface area contributed by atoms with Crippen LogP contribution in [0.2, 0.25) is 0 Å². The molecule has 4 heteroatoms. The summed E-state index contributed by atoms with van der Waals surface area (Å²) in [6.45, 7) is 3.90. The molecule has 0 atom stereocenters. The van der Waals surface area contributed by atoms with E-state index in [1.165, 1.54) is 5.56 Å². The fourth-order valence-corrected chi connectivity index (χ4v) is 3.22. The van der Waals surface area contributed by atoms with Gasteiger partial charge in [0.15, 0.2) is 11.5 Å². The van der Waals surface area contributed by atoms with Gasteiger partial charge in [0.05, 0.1) is 5.92 Å². The molecule has 2 aromatic carbocycles. The minimum atomic E-state index is -0.510. The number of hydrogen-bond donors (Lipinski definition) is 0. The van der Waals surface area contributed by atoms with Crippen LogP contribution in [-0.4, -0.2) is 18.4 Å². The van der Waals surface area contributed by atoms with Crippen LogP contribution in [0.25, 0.3) is 0 Å². The van der Waals surface area contributed by atoms with E-state index in [9.17, 15) is 9.59 Å². The topological polar surface area (TPSA) is 52.6 Å². The molecule has 1 aliphatic rings. The molecule has 0 radical (unpaired) electrons. The zero-order chi connectivity index (χ0) is 18.5. The molecule has 3 rings (SSSR count). The van der Waals surface area contributed by atoms with Crippen molar-refractivity contribution in [2.24, 2.45) is 5.92 Å². The minimum absolute atomic E-state index is 0.0290. The normalized spacial score (nSPS) is 12.4. The van der Waals surface area contributed by atoms with Gasteiger partial charge in [-0.1, -0.05) is 44.2 Å². The molecule has 0 saturated heterocycles. The third-order valence-corrected chi connectivity index (χ3v) is 4.78. The van der Waals surface area contributed by atoms with E-state index in [0.29, 0.717) is 19.3 Å². The van der Waals surface area contributed by atoms with Crippen LogP contribution >= 0.6 is 0 Å². The van der Waals surface area contributed by atoms with E-state index < -0.39 is 5.92 Å². The lowest BCUT2D eigenvalue weighted by molar-refractivity contribution is -0.132. The molecule has 1 heterocycles. The van der Waals surface area contributed by atoms with Crippen molar-refractivity contribution in [2.75, 3.05) is 6.79 Å². The minimum Gasteiger partial charge on any atom is -0.454 e. The van der Waals surface area contributed by atoms with Gasteiger partial charge in [-0.2, -0.15) is 0 Å². The summed E-state index contributed by atoms with van der Waals surface area (Å²) >= 11 is 0. The van der Waals surface area contributed by atoms with E-state index in [-0.39, 0.29) is 18.4 Å². The van der Waals surface area contributed by atoms with Crippen molar-refractivity contribution in [3.8, 4) is 11.5 Å². The Labute approximate surface area is 154 Å². The zero-order valence-corrected chi connectivity index (χ0v) is 15.3. The highest BCUT2D eigenvalue weighted by Crippen LogP contribution is 2.33. The molecule has 2 aromatic rings. The summed E-state index contributed by atoms with van der Waals surface area (Å²) in [6, 6.07) is 14.1. The average molecular weight is 352 g/mol. The Morgan fingerprint density at radius 1 is 0.846 bits per heavy atom. The quantitative estimate of drug-likeness (QED) is 0.671. The number of hydrogen-bond acceptors (Lipinski definition) is 4. The van der Waals surface area contributed by atoms with Crippen LogP contribution in [0.3, 0.4) is 0 Å². The van der Waals surface area contributed by atoms with Crippen molar-refractivity contribution in [3.05, 3.63) is 59.2 Å². The first-order chi connectivity index (χ1) is 12.6.